The summed E-state index contributed by atoms with van der Waals surface area (Å²) in [6.45, 7) is 4.75. The van der Waals surface area contributed by atoms with Gasteiger partial charge in [0.25, 0.3) is 0 Å². The van der Waals surface area contributed by atoms with Gasteiger partial charge in [0, 0.05) is 18.6 Å². The molecule has 4 rings (SSSR count). The average Bonchev–Trinajstić information content (AvgIpc) is 3.49. The third kappa shape index (κ3) is 6.00. The molecule has 178 valence electrons. The minimum absolute atomic E-state index is 0.00147. The quantitative estimate of drug-likeness (QED) is 0.642. The van der Waals surface area contributed by atoms with Crippen molar-refractivity contribution in [1.29, 1.82) is 0 Å². The number of hydrogen-bond acceptors (Lipinski definition) is 5. The molecule has 8 heteroatoms. The van der Waals surface area contributed by atoms with Crippen molar-refractivity contribution in [2.24, 2.45) is 0 Å². The standard InChI is InChI=1S/C25H33N3O5/c1-18(2)28(25(30)26-20-7-4-3-5-8-20)16-24(29)27(15-21-9-6-12-31-21)14-19-10-11-22-23(13-19)33-17-32-22/h6,9-13,18,20H,3-5,7-8,14-17H2,1-2H3,(H,26,30). The number of nitrogens with one attached hydrogen (secondary N) is 1. The Bertz CT molecular complexity index is 938. The largest absolute Gasteiger partial charge is 0.467 e. The highest BCUT2D eigenvalue weighted by molar-refractivity contribution is 5.84. The Morgan fingerprint density at radius 3 is 2.58 bits per heavy atom. The molecule has 1 aromatic heterocycles. The Morgan fingerprint density at radius 2 is 1.85 bits per heavy atom. The number of urea groups is 1. The summed E-state index contributed by atoms with van der Waals surface area (Å²) in [5, 5.41) is 3.14. The maximum atomic E-state index is 13.4. The monoisotopic (exact) mass is 455 g/mol. The van der Waals surface area contributed by atoms with Crippen molar-refractivity contribution in [3.05, 3.63) is 47.9 Å². The third-order valence-electron chi connectivity index (χ3n) is 6.21. The zero-order valence-corrected chi connectivity index (χ0v) is 19.4. The van der Waals surface area contributed by atoms with E-state index in [0.29, 0.717) is 30.3 Å². The first-order valence-electron chi connectivity index (χ1n) is 11.8. The van der Waals surface area contributed by atoms with E-state index in [1.807, 2.05) is 38.1 Å². The first kappa shape index (κ1) is 23.0. The number of benzene rings is 1. The summed E-state index contributed by atoms with van der Waals surface area (Å²) in [6.07, 6.45) is 7.09. The zero-order chi connectivity index (χ0) is 23.2. The molecule has 1 N–H and O–H groups in total. The number of carbonyl (C=O) groups excluding carboxylic acids is 2. The number of furan rings is 1. The van der Waals surface area contributed by atoms with Crippen LogP contribution in [0.2, 0.25) is 0 Å². The van der Waals surface area contributed by atoms with Crippen LogP contribution >= 0.6 is 0 Å². The molecule has 0 bridgehead atoms. The van der Waals surface area contributed by atoms with E-state index < -0.39 is 0 Å². The van der Waals surface area contributed by atoms with Gasteiger partial charge in [-0.15, -0.1) is 0 Å². The highest BCUT2D eigenvalue weighted by Gasteiger charge is 2.27. The zero-order valence-electron chi connectivity index (χ0n) is 19.4. The Hall–Kier alpha value is -3.16. The average molecular weight is 456 g/mol. The van der Waals surface area contributed by atoms with Crippen molar-refractivity contribution in [3.63, 3.8) is 0 Å². The molecule has 1 aliphatic carbocycles. The minimum atomic E-state index is -0.175. The molecule has 0 saturated heterocycles. The van der Waals surface area contributed by atoms with Gasteiger partial charge in [-0.05, 0) is 56.5 Å². The van der Waals surface area contributed by atoms with Crippen molar-refractivity contribution >= 4 is 11.9 Å². The first-order chi connectivity index (χ1) is 16.0. The second-order valence-corrected chi connectivity index (χ2v) is 9.02. The number of nitrogens with zero attached hydrogens (tertiary/aromatic N) is 2. The molecule has 1 saturated carbocycles. The van der Waals surface area contributed by atoms with Gasteiger partial charge in [-0.1, -0.05) is 25.3 Å². The van der Waals surface area contributed by atoms with Gasteiger partial charge in [-0.3, -0.25) is 4.79 Å². The van der Waals surface area contributed by atoms with Crippen LogP contribution in [0.4, 0.5) is 4.79 Å². The smallest absolute Gasteiger partial charge is 0.318 e. The summed E-state index contributed by atoms with van der Waals surface area (Å²) in [6, 6.07) is 9.22. The molecule has 2 heterocycles. The predicted octanol–water partition coefficient (Wildman–Crippen LogP) is 4.29. The van der Waals surface area contributed by atoms with E-state index in [-0.39, 0.29) is 37.4 Å². The summed E-state index contributed by atoms with van der Waals surface area (Å²) in [7, 11) is 0. The van der Waals surface area contributed by atoms with Gasteiger partial charge in [0.1, 0.15) is 12.3 Å². The predicted molar refractivity (Wildman–Crippen MR) is 123 cm³/mol. The normalized spacial score (nSPS) is 15.5. The number of fused-ring (bicyclic) bond motifs is 1. The van der Waals surface area contributed by atoms with Gasteiger partial charge in [0.05, 0.1) is 12.8 Å². The summed E-state index contributed by atoms with van der Waals surface area (Å²) in [4.78, 5) is 29.8. The SMILES string of the molecule is CC(C)N(CC(=O)N(Cc1ccc2c(c1)OCO2)Cc1ccco1)C(=O)NC1CCCCC1. The lowest BCUT2D eigenvalue weighted by atomic mass is 9.96. The molecule has 2 aliphatic rings. The number of rotatable bonds is 8. The van der Waals surface area contributed by atoms with Crippen LogP contribution in [0.3, 0.4) is 0 Å². The van der Waals surface area contributed by atoms with Crippen molar-refractivity contribution in [1.82, 2.24) is 15.1 Å². The summed E-state index contributed by atoms with van der Waals surface area (Å²) in [5.74, 6) is 1.92. The Kier molecular flexibility index (Phi) is 7.42. The fourth-order valence-electron chi connectivity index (χ4n) is 4.32. The minimum Gasteiger partial charge on any atom is -0.467 e. The maximum Gasteiger partial charge on any atom is 0.318 e. The van der Waals surface area contributed by atoms with Gasteiger partial charge >= 0.3 is 6.03 Å². The van der Waals surface area contributed by atoms with E-state index in [9.17, 15) is 9.59 Å². The van der Waals surface area contributed by atoms with Crippen molar-refractivity contribution in [3.8, 4) is 11.5 Å². The van der Waals surface area contributed by atoms with E-state index in [2.05, 4.69) is 5.32 Å². The van der Waals surface area contributed by atoms with Crippen molar-refractivity contribution in [2.75, 3.05) is 13.3 Å². The van der Waals surface area contributed by atoms with Crippen LogP contribution in [-0.4, -0.2) is 47.2 Å². The van der Waals surface area contributed by atoms with E-state index in [0.717, 1.165) is 31.2 Å². The van der Waals surface area contributed by atoms with E-state index in [4.69, 9.17) is 13.9 Å². The van der Waals surface area contributed by atoms with Crippen LogP contribution in [0, 0.1) is 0 Å². The molecule has 1 aliphatic heterocycles. The number of hydrogen-bond donors (Lipinski definition) is 1. The molecule has 1 fully saturated rings. The molecule has 2 aromatic rings. The highest BCUT2D eigenvalue weighted by atomic mass is 16.7. The van der Waals surface area contributed by atoms with Crippen molar-refractivity contribution < 1.29 is 23.5 Å². The molecule has 0 spiro atoms. The third-order valence-corrected chi connectivity index (χ3v) is 6.21. The second-order valence-electron chi connectivity index (χ2n) is 9.02. The van der Waals surface area contributed by atoms with Crippen LogP contribution < -0.4 is 14.8 Å². The van der Waals surface area contributed by atoms with E-state index in [1.165, 1.54) is 6.42 Å². The van der Waals surface area contributed by atoms with E-state index >= 15 is 0 Å². The Balaban J connectivity index is 1.46. The molecule has 0 atom stereocenters. The van der Waals surface area contributed by atoms with Crippen molar-refractivity contribution in [2.45, 2.75) is 71.1 Å². The summed E-state index contributed by atoms with van der Waals surface area (Å²) in [5.41, 5.74) is 0.918. The van der Waals surface area contributed by atoms with Crippen LogP contribution in [0.5, 0.6) is 11.5 Å². The van der Waals surface area contributed by atoms with Crippen LogP contribution in [0.15, 0.2) is 41.0 Å². The highest BCUT2D eigenvalue weighted by Crippen LogP contribution is 2.33. The molecule has 33 heavy (non-hydrogen) atoms. The lowest BCUT2D eigenvalue weighted by Gasteiger charge is -2.32. The lowest BCUT2D eigenvalue weighted by Crippen LogP contribution is -2.51. The summed E-state index contributed by atoms with van der Waals surface area (Å²) < 4.78 is 16.4. The van der Waals surface area contributed by atoms with E-state index in [1.54, 1.807) is 22.1 Å². The molecule has 0 unspecified atom stereocenters. The maximum absolute atomic E-state index is 13.4. The summed E-state index contributed by atoms with van der Waals surface area (Å²) >= 11 is 0. The first-order valence-corrected chi connectivity index (χ1v) is 11.8. The second kappa shape index (κ2) is 10.6. The molecule has 3 amide bonds. The number of ether oxygens (including phenoxy) is 2. The molecular formula is C25H33N3O5. The molecule has 1 aromatic carbocycles. The van der Waals surface area contributed by atoms with Gasteiger partial charge in [-0.25, -0.2) is 4.79 Å². The Labute approximate surface area is 194 Å². The Morgan fingerprint density at radius 1 is 1.06 bits per heavy atom. The van der Waals surface area contributed by atoms with Gasteiger partial charge < -0.3 is 29.0 Å². The molecular weight excluding hydrogens is 422 g/mol. The fourth-order valence-corrected chi connectivity index (χ4v) is 4.32. The topological polar surface area (TPSA) is 84.2 Å². The molecule has 0 radical (unpaired) electrons. The van der Waals surface area contributed by atoms with Gasteiger partial charge in [0.15, 0.2) is 11.5 Å². The lowest BCUT2D eigenvalue weighted by molar-refractivity contribution is -0.133. The van der Waals surface area contributed by atoms with Crippen LogP contribution in [0.25, 0.3) is 0 Å². The number of amides is 3. The van der Waals surface area contributed by atoms with Gasteiger partial charge in [-0.2, -0.15) is 0 Å². The van der Waals surface area contributed by atoms with Gasteiger partial charge in [0.2, 0.25) is 12.7 Å². The molecule has 8 nitrogen and oxygen atoms in total. The fraction of sp³-hybridized carbons (Fsp3) is 0.520. The van der Waals surface area contributed by atoms with Crippen LogP contribution in [-0.2, 0) is 17.9 Å². The number of carbonyl (C=O) groups is 2. The van der Waals surface area contributed by atoms with Crippen LogP contribution in [0.1, 0.15) is 57.3 Å².